The summed E-state index contributed by atoms with van der Waals surface area (Å²) in [7, 11) is 0. The molecule has 2 aromatic carbocycles. The van der Waals surface area contributed by atoms with Crippen LogP contribution < -0.4 is 5.43 Å². The second-order valence-corrected chi connectivity index (χ2v) is 6.28. The first-order chi connectivity index (χ1) is 12.5. The van der Waals surface area contributed by atoms with Crippen LogP contribution in [-0.2, 0) is 0 Å². The fraction of sp³-hybridized carbons (Fsp3) is 0. The Kier molecular flexibility index (Phi) is 5.28. The first kappa shape index (κ1) is 17.6. The van der Waals surface area contributed by atoms with Crippen LogP contribution in [0.25, 0.3) is 5.69 Å². The molecule has 1 amide bonds. The van der Waals surface area contributed by atoms with E-state index in [1.807, 2.05) is 29.0 Å². The van der Waals surface area contributed by atoms with Gasteiger partial charge < -0.3 is 9.67 Å². The summed E-state index contributed by atoms with van der Waals surface area (Å²) in [6.07, 6.45) is 3.36. The molecule has 0 radical (unpaired) electrons. The molecule has 26 heavy (non-hydrogen) atoms. The molecular formula is C19H14BrN3O3. The highest BCUT2D eigenvalue weighted by Crippen LogP contribution is 2.13. The van der Waals surface area contributed by atoms with Gasteiger partial charge in [-0.1, -0.05) is 22.0 Å². The predicted molar refractivity (Wildman–Crippen MR) is 102 cm³/mol. The molecule has 0 aliphatic rings. The monoisotopic (exact) mass is 411 g/mol. The summed E-state index contributed by atoms with van der Waals surface area (Å²) < 4.78 is 2.65. The number of aromatic carboxylic acids is 1. The lowest BCUT2D eigenvalue weighted by Crippen LogP contribution is -2.17. The van der Waals surface area contributed by atoms with Gasteiger partial charge in [0.1, 0.15) is 0 Å². The molecule has 1 aromatic heterocycles. The average molecular weight is 412 g/mol. The van der Waals surface area contributed by atoms with Crippen LogP contribution in [0, 0.1) is 0 Å². The number of carbonyl (C=O) groups excluding carboxylic acids is 1. The molecule has 130 valence electrons. The molecule has 3 aromatic rings. The van der Waals surface area contributed by atoms with Gasteiger partial charge in [-0.2, -0.15) is 5.10 Å². The molecule has 0 unspecified atom stereocenters. The number of hydrogen-bond acceptors (Lipinski definition) is 3. The topological polar surface area (TPSA) is 83.7 Å². The van der Waals surface area contributed by atoms with Crippen molar-refractivity contribution >= 4 is 34.0 Å². The Labute approximate surface area is 157 Å². The first-order valence-corrected chi connectivity index (χ1v) is 8.44. The van der Waals surface area contributed by atoms with Crippen LogP contribution in [-0.4, -0.2) is 27.8 Å². The van der Waals surface area contributed by atoms with Crippen molar-refractivity contribution in [3.05, 3.63) is 88.2 Å². The highest BCUT2D eigenvalue weighted by molar-refractivity contribution is 9.10. The Morgan fingerprint density at radius 2 is 1.81 bits per heavy atom. The van der Waals surface area contributed by atoms with Crippen LogP contribution in [0.4, 0.5) is 0 Å². The molecule has 6 nitrogen and oxygen atoms in total. The van der Waals surface area contributed by atoms with Crippen LogP contribution in [0.15, 0.2) is 76.4 Å². The van der Waals surface area contributed by atoms with Crippen LogP contribution in [0.1, 0.15) is 26.4 Å². The molecule has 0 aliphatic heterocycles. The van der Waals surface area contributed by atoms with Gasteiger partial charge >= 0.3 is 5.97 Å². The van der Waals surface area contributed by atoms with E-state index in [1.54, 1.807) is 30.3 Å². The summed E-state index contributed by atoms with van der Waals surface area (Å²) in [5.41, 5.74) is 4.73. The summed E-state index contributed by atoms with van der Waals surface area (Å²) >= 11 is 3.32. The second-order valence-electron chi connectivity index (χ2n) is 5.36. The highest BCUT2D eigenvalue weighted by Gasteiger charge is 2.06. The number of carboxylic acids is 1. The van der Waals surface area contributed by atoms with Crippen molar-refractivity contribution in [1.29, 1.82) is 0 Å². The summed E-state index contributed by atoms with van der Waals surface area (Å²) in [5.74, 6) is -1.28. The minimum Gasteiger partial charge on any atom is -0.478 e. The Bertz CT molecular complexity index is 978. The minimum absolute atomic E-state index is 0.220. The Morgan fingerprint density at radius 1 is 1.04 bits per heavy atom. The normalized spacial score (nSPS) is 10.8. The molecule has 3 rings (SSSR count). The lowest BCUT2D eigenvalue weighted by Gasteiger charge is -2.06. The summed E-state index contributed by atoms with van der Waals surface area (Å²) in [4.78, 5) is 23.0. The van der Waals surface area contributed by atoms with Crippen molar-refractivity contribution < 1.29 is 14.7 Å². The summed E-state index contributed by atoms with van der Waals surface area (Å²) in [6, 6.07) is 17.2. The molecule has 0 spiro atoms. The maximum Gasteiger partial charge on any atom is 0.335 e. The van der Waals surface area contributed by atoms with E-state index >= 15 is 0 Å². The molecule has 0 fully saturated rings. The second kappa shape index (κ2) is 7.79. The third-order valence-corrected chi connectivity index (χ3v) is 4.12. The Balaban J connectivity index is 1.73. The molecule has 7 heteroatoms. The molecule has 2 N–H and O–H groups in total. The molecule has 0 atom stereocenters. The zero-order valence-corrected chi connectivity index (χ0v) is 15.1. The minimum atomic E-state index is -0.971. The summed E-state index contributed by atoms with van der Waals surface area (Å²) in [5, 5.41) is 13.0. The van der Waals surface area contributed by atoms with E-state index in [1.165, 1.54) is 18.3 Å². The SMILES string of the molecule is O=C(O)c1ccc(-n2cccc2/C=N\NC(=O)c2cccc(Br)c2)cc1. The van der Waals surface area contributed by atoms with Gasteiger partial charge in [-0.15, -0.1) is 0 Å². The maximum absolute atomic E-state index is 12.1. The van der Waals surface area contributed by atoms with E-state index < -0.39 is 5.97 Å². The summed E-state index contributed by atoms with van der Waals surface area (Å²) in [6.45, 7) is 0. The number of nitrogens with one attached hydrogen (secondary N) is 1. The number of hydrogen-bond donors (Lipinski definition) is 2. The van der Waals surface area contributed by atoms with E-state index in [4.69, 9.17) is 5.11 Å². The number of amides is 1. The first-order valence-electron chi connectivity index (χ1n) is 7.64. The van der Waals surface area contributed by atoms with Crippen molar-refractivity contribution in [3.8, 4) is 5.69 Å². The van der Waals surface area contributed by atoms with Crippen LogP contribution in [0.5, 0.6) is 0 Å². The average Bonchev–Trinajstić information content (AvgIpc) is 3.10. The van der Waals surface area contributed by atoms with Gasteiger partial charge in [0.2, 0.25) is 0 Å². The molecule has 1 heterocycles. The van der Waals surface area contributed by atoms with Gasteiger partial charge in [-0.25, -0.2) is 10.2 Å². The fourth-order valence-corrected chi connectivity index (χ4v) is 2.75. The smallest absolute Gasteiger partial charge is 0.335 e. The van der Waals surface area contributed by atoms with Crippen molar-refractivity contribution in [2.75, 3.05) is 0 Å². The lowest BCUT2D eigenvalue weighted by molar-refractivity contribution is 0.0696. The maximum atomic E-state index is 12.1. The molecule has 0 saturated heterocycles. The Hall–Kier alpha value is -3.19. The number of hydrazone groups is 1. The third-order valence-electron chi connectivity index (χ3n) is 3.62. The van der Waals surface area contributed by atoms with Gasteiger partial charge in [-0.05, 0) is 54.6 Å². The zero-order chi connectivity index (χ0) is 18.5. The number of rotatable bonds is 5. The van der Waals surface area contributed by atoms with Crippen molar-refractivity contribution in [2.24, 2.45) is 5.10 Å². The van der Waals surface area contributed by atoms with Gasteiger partial charge in [-0.3, -0.25) is 4.79 Å². The third kappa shape index (κ3) is 4.07. The van der Waals surface area contributed by atoms with Crippen LogP contribution >= 0.6 is 15.9 Å². The van der Waals surface area contributed by atoms with E-state index in [0.29, 0.717) is 5.56 Å². The molecule has 0 saturated carbocycles. The number of benzene rings is 2. The van der Waals surface area contributed by atoms with E-state index in [-0.39, 0.29) is 11.5 Å². The van der Waals surface area contributed by atoms with Crippen molar-refractivity contribution in [2.45, 2.75) is 0 Å². The quantitative estimate of drug-likeness (QED) is 0.495. The highest BCUT2D eigenvalue weighted by atomic mass is 79.9. The molecule has 0 bridgehead atoms. The number of aromatic nitrogens is 1. The lowest BCUT2D eigenvalue weighted by atomic mass is 10.2. The van der Waals surface area contributed by atoms with Crippen molar-refractivity contribution in [1.82, 2.24) is 9.99 Å². The van der Waals surface area contributed by atoms with Gasteiger partial charge in [0.25, 0.3) is 5.91 Å². The van der Waals surface area contributed by atoms with Crippen molar-refractivity contribution in [3.63, 3.8) is 0 Å². The van der Waals surface area contributed by atoms with Gasteiger partial charge in [0.05, 0.1) is 17.5 Å². The largest absolute Gasteiger partial charge is 0.478 e. The molecular weight excluding hydrogens is 398 g/mol. The van der Waals surface area contributed by atoms with E-state index in [2.05, 4.69) is 26.5 Å². The predicted octanol–water partition coefficient (Wildman–Crippen LogP) is 3.70. The number of carboxylic acid groups (broad SMARTS) is 1. The van der Waals surface area contributed by atoms with Gasteiger partial charge in [0.15, 0.2) is 0 Å². The molecule has 0 aliphatic carbocycles. The number of halogens is 1. The fourth-order valence-electron chi connectivity index (χ4n) is 2.35. The van der Waals surface area contributed by atoms with Gasteiger partial charge in [0, 0.05) is 21.9 Å². The number of nitrogens with zero attached hydrogens (tertiary/aromatic N) is 2. The van der Waals surface area contributed by atoms with E-state index in [0.717, 1.165) is 15.9 Å². The standard InChI is InChI=1S/C19H14BrN3O3/c20-15-4-1-3-14(11-15)18(24)22-21-12-17-5-2-10-23(17)16-8-6-13(7-9-16)19(25)26/h1-12H,(H,22,24)(H,25,26)/b21-12-. The van der Waals surface area contributed by atoms with Crippen LogP contribution in [0.3, 0.4) is 0 Å². The number of carbonyl (C=O) groups is 2. The zero-order valence-electron chi connectivity index (χ0n) is 13.5. The Morgan fingerprint density at radius 3 is 2.50 bits per heavy atom. The van der Waals surface area contributed by atoms with Crippen LogP contribution in [0.2, 0.25) is 0 Å². The van der Waals surface area contributed by atoms with E-state index in [9.17, 15) is 9.59 Å².